The SMILES string of the molecule is CN(CCNCc1ccccc1OCc1cccnc1)C1CCCC1. The fraction of sp³-hybridized carbons (Fsp3) is 0.476. The van der Waals surface area contributed by atoms with Gasteiger partial charge in [-0.25, -0.2) is 0 Å². The van der Waals surface area contributed by atoms with Gasteiger partial charge in [0.15, 0.2) is 0 Å². The molecule has 0 aliphatic heterocycles. The van der Waals surface area contributed by atoms with Gasteiger partial charge in [-0.3, -0.25) is 4.98 Å². The molecule has 0 unspecified atom stereocenters. The molecule has 4 nitrogen and oxygen atoms in total. The Bertz CT molecular complexity index is 626. The van der Waals surface area contributed by atoms with Gasteiger partial charge < -0.3 is 15.0 Å². The molecule has 0 saturated heterocycles. The molecule has 0 radical (unpaired) electrons. The average molecular weight is 339 g/mol. The molecule has 0 atom stereocenters. The number of hydrogen-bond donors (Lipinski definition) is 1. The minimum Gasteiger partial charge on any atom is -0.489 e. The predicted octanol–water partition coefficient (Wildman–Crippen LogP) is 3.62. The van der Waals surface area contributed by atoms with Crippen molar-refractivity contribution >= 4 is 0 Å². The van der Waals surface area contributed by atoms with Crippen molar-refractivity contribution in [1.82, 2.24) is 15.2 Å². The van der Waals surface area contributed by atoms with E-state index in [1.807, 2.05) is 30.5 Å². The van der Waals surface area contributed by atoms with Gasteiger partial charge in [-0.15, -0.1) is 0 Å². The zero-order chi connectivity index (χ0) is 17.3. The number of aromatic nitrogens is 1. The van der Waals surface area contributed by atoms with Crippen LogP contribution in [-0.4, -0.2) is 36.1 Å². The number of nitrogens with one attached hydrogen (secondary N) is 1. The number of nitrogens with zero attached hydrogens (tertiary/aromatic N) is 2. The van der Waals surface area contributed by atoms with Gasteiger partial charge in [-0.05, 0) is 32.0 Å². The Morgan fingerprint density at radius 3 is 2.80 bits per heavy atom. The van der Waals surface area contributed by atoms with Crippen LogP contribution in [-0.2, 0) is 13.2 Å². The van der Waals surface area contributed by atoms with Crippen LogP contribution in [0.25, 0.3) is 0 Å². The van der Waals surface area contributed by atoms with E-state index in [1.54, 1.807) is 6.20 Å². The molecule has 4 heteroatoms. The van der Waals surface area contributed by atoms with Crippen molar-refractivity contribution in [3.8, 4) is 5.75 Å². The first-order chi connectivity index (χ1) is 12.3. The monoisotopic (exact) mass is 339 g/mol. The topological polar surface area (TPSA) is 37.4 Å². The number of pyridine rings is 1. The molecule has 1 aromatic heterocycles. The van der Waals surface area contributed by atoms with Crippen LogP contribution in [0, 0.1) is 0 Å². The molecule has 0 bridgehead atoms. The lowest BCUT2D eigenvalue weighted by molar-refractivity contribution is 0.245. The van der Waals surface area contributed by atoms with Crippen molar-refractivity contribution in [3.05, 3.63) is 59.9 Å². The summed E-state index contributed by atoms with van der Waals surface area (Å²) in [6.45, 7) is 3.49. The van der Waals surface area contributed by atoms with E-state index in [0.717, 1.165) is 37.0 Å². The van der Waals surface area contributed by atoms with Gasteiger partial charge in [0.25, 0.3) is 0 Å². The third-order valence-corrected chi connectivity index (χ3v) is 4.99. The van der Waals surface area contributed by atoms with Crippen molar-refractivity contribution < 1.29 is 4.74 Å². The quantitative estimate of drug-likeness (QED) is 0.708. The second-order valence-electron chi connectivity index (χ2n) is 6.85. The third kappa shape index (κ3) is 5.55. The van der Waals surface area contributed by atoms with Gasteiger partial charge in [-0.2, -0.15) is 0 Å². The van der Waals surface area contributed by atoms with Gasteiger partial charge >= 0.3 is 0 Å². The highest BCUT2D eigenvalue weighted by Crippen LogP contribution is 2.22. The Kier molecular flexibility index (Phi) is 6.83. The van der Waals surface area contributed by atoms with Crippen LogP contribution in [0.2, 0.25) is 0 Å². The summed E-state index contributed by atoms with van der Waals surface area (Å²) in [5, 5.41) is 3.56. The van der Waals surface area contributed by atoms with E-state index in [2.05, 4.69) is 34.4 Å². The molecule has 0 amide bonds. The van der Waals surface area contributed by atoms with Crippen LogP contribution in [0.1, 0.15) is 36.8 Å². The molecule has 1 N–H and O–H groups in total. The minimum absolute atomic E-state index is 0.551. The van der Waals surface area contributed by atoms with E-state index in [0.29, 0.717) is 6.61 Å². The molecule has 0 spiro atoms. The molecular formula is C21H29N3O. The third-order valence-electron chi connectivity index (χ3n) is 4.99. The summed E-state index contributed by atoms with van der Waals surface area (Å²) in [6.07, 6.45) is 9.14. The molecule has 134 valence electrons. The van der Waals surface area contributed by atoms with Crippen LogP contribution < -0.4 is 10.1 Å². The lowest BCUT2D eigenvalue weighted by Crippen LogP contribution is -2.35. The zero-order valence-corrected chi connectivity index (χ0v) is 15.2. The molecule has 2 aromatic rings. The Morgan fingerprint density at radius 2 is 2.00 bits per heavy atom. The number of benzene rings is 1. The van der Waals surface area contributed by atoms with E-state index in [9.17, 15) is 0 Å². The fourth-order valence-electron chi connectivity index (χ4n) is 3.44. The van der Waals surface area contributed by atoms with E-state index in [1.165, 1.54) is 31.2 Å². The summed E-state index contributed by atoms with van der Waals surface area (Å²) < 4.78 is 5.99. The standard InChI is InChI=1S/C21H29N3O/c1-24(20-9-3-4-10-20)14-13-23-16-19-8-2-5-11-21(19)25-17-18-7-6-12-22-15-18/h2,5-8,11-12,15,20,23H,3-4,9-10,13-14,16-17H2,1H3. The van der Waals surface area contributed by atoms with Gasteiger partial charge in [0.1, 0.15) is 12.4 Å². The number of para-hydroxylation sites is 1. The normalized spacial score (nSPS) is 15.0. The number of ether oxygens (including phenoxy) is 1. The molecule has 3 rings (SSSR count). The highest BCUT2D eigenvalue weighted by Gasteiger charge is 2.18. The van der Waals surface area contributed by atoms with Crippen LogP contribution in [0.3, 0.4) is 0 Å². The van der Waals surface area contributed by atoms with Crippen LogP contribution in [0.5, 0.6) is 5.75 Å². The largest absolute Gasteiger partial charge is 0.489 e. The Hall–Kier alpha value is -1.91. The predicted molar refractivity (Wildman–Crippen MR) is 102 cm³/mol. The van der Waals surface area contributed by atoms with E-state index in [4.69, 9.17) is 4.74 Å². The summed E-state index contributed by atoms with van der Waals surface area (Å²) in [4.78, 5) is 6.64. The fourth-order valence-corrected chi connectivity index (χ4v) is 3.44. The molecular weight excluding hydrogens is 310 g/mol. The van der Waals surface area contributed by atoms with Crippen molar-refractivity contribution in [2.45, 2.75) is 44.9 Å². The maximum Gasteiger partial charge on any atom is 0.124 e. The van der Waals surface area contributed by atoms with Crippen molar-refractivity contribution in [1.29, 1.82) is 0 Å². The number of rotatable bonds is 9. The molecule has 1 saturated carbocycles. The number of likely N-dealkylation sites (N-methyl/N-ethyl adjacent to an activating group) is 1. The van der Waals surface area contributed by atoms with Crippen LogP contribution in [0.15, 0.2) is 48.8 Å². The first-order valence-corrected chi connectivity index (χ1v) is 9.33. The van der Waals surface area contributed by atoms with Crippen LogP contribution in [0.4, 0.5) is 0 Å². The maximum absolute atomic E-state index is 5.99. The summed E-state index contributed by atoms with van der Waals surface area (Å²) in [7, 11) is 2.25. The first kappa shape index (κ1) is 17.9. The molecule has 1 heterocycles. The Labute approximate surface area is 151 Å². The summed E-state index contributed by atoms with van der Waals surface area (Å²) in [6, 6.07) is 13.0. The van der Waals surface area contributed by atoms with E-state index in [-0.39, 0.29) is 0 Å². The molecule has 25 heavy (non-hydrogen) atoms. The second kappa shape index (κ2) is 9.54. The van der Waals surface area contributed by atoms with Gasteiger partial charge in [0.2, 0.25) is 0 Å². The first-order valence-electron chi connectivity index (χ1n) is 9.33. The van der Waals surface area contributed by atoms with Gasteiger partial charge in [0, 0.05) is 49.2 Å². The summed E-state index contributed by atoms with van der Waals surface area (Å²) in [5.41, 5.74) is 2.29. The highest BCUT2D eigenvalue weighted by molar-refractivity contribution is 5.33. The highest BCUT2D eigenvalue weighted by atomic mass is 16.5. The smallest absolute Gasteiger partial charge is 0.124 e. The lowest BCUT2D eigenvalue weighted by Gasteiger charge is -2.24. The Morgan fingerprint density at radius 1 is 1.16 bits per heavy atom. The summed E-state index contributed by atoms with van der Waals surface area (Å²) in [5.74, 6) is 0.947. The van der Waals surface area contributed by atoms with Crippen LogP contribution >= 0.6 is 0 Å². The molecule has 1 fully saturated rings. The zero-order valence-electron chi connectivity index (χ0n) is 15.2. The summed E-state index contributed by atoms with van der Waals surface area (Å²) >= 11 is 0. The van der Waals surface area contributed by atoms with E-state index >= 15 is 0 Å². The molecule has 1 aliphatic carbocycles. The van der Waals surface area contributed by atoms with Gasteiger partial charge in [0.05, 0.1) is 0 Å². The second-order valence-corrected chi connectivity index (χ2v) is 6.85. The molecule has 1 aliphatic rings. The van der Waals surface area contributed by atoms with Crippen molar-refractivity contribution in [2.24, 2.45) is 0 Å². The number of hydrogen-bond acceptors (Lipinski definition) is 4. The lowest BCUT2D eigenvalue weighted by atomic mass is 10.2. The average Bonchev–Trinajstić information content (AvgIpc) is 3.20. The van der Waals surface area contributed by atoms with Crippen molar-refractivity contribution in [3.63, 3.8) is 0 Å². The minimum atomic E-state index is 0.551. The van der Waals surface area contributed by atoms with E-state index < -0.39 is 0 Å². The Balaban J connectivity index is 1.44. The molecule has 1 aromatic carbocycles. The van der Waals surface area contributed by atoms with Crippen molar-refractivity contribution in [2.75, 3.05) is 20.1 Å². The maximum atomic E-state index is 5.99. The van der Waals surface area contributed by atoms with Gasteiger partial charge in [-0.1, -0.05) is 37.1 Å².